The summed E-state index contributed by atoms with van der Waals surface area (Å²) in [6, 6.07) is 38.9. The molecule has 1 aromatic heterocycles. The molecule has 2 atom stereocenters. The van der Waals surface area contributed by atoms with E-state index < -0.39 is 0 Å². The molecule has 1 aliphatic heterocycles. The number of amidine groups is 2. The molecule has 0 saturated carbocycles. The van der Waals surface area contributed by atoms with Crippen molar-refractivity contribution >= 4 is 17.2 Å². The molecule has 2 aliphatic carbocycles. The third kappa shape index (κ3) is 6.33. The lowest BCUT2D eigenvalue weighted by Gasteiger charge is -2.27. The minimum Gasteiger partial charge on any atom is -0.328 e. The van der Waals surface area contributed by atoms with Crippen molar-refractivity contribution in [3.63, 3.8) is 0 Å². The van der Waals surface area contributed by atoms with E-state index in [4.69, 9.17) is 24.9 Å². The first-order chi connectivity index (χ1) is 23.8. The number of aromatic nitrogens is 3. The van der Waals surface area contributed by atoms with Crippen LogP contribution in [-0.2, 0) is 0 Å². The Balaban J connectivity index is 1.04. The first-order valence-electron chi connectivity index (χ1n) is 16.5. The van der Waals surface area contributed by atoms with Crippen LogP contribution < -0.4 is 5.32 Å². The standard InChI is InChI=1S/C42H34N6/c1-5-13-31(14-6-1)37-43-38(32-15-7-2-8-16-32)46-41(45-37)35-25-21-29(22-26-35)30-23-27-36(28-24-30)42-47-39(33-17-9-3-10-18-33)44-40(48-42)34-19-11-4-12-20-34/h1-3,5-11,13-27,36,39H,4,12,28H2,(H,44,47,48). The Morgan fingerprint density at radius 2 is 1.10 bits per heavy atom. The van der Waals surface area contributed by atoms with Crippen LogP contribution >= 0.6 is 0 Å². The Labute approximate surface area is 280 Å². The van der Waals surface area contributed by atoms with Gasteiger partial charge in [0.05, 0.1) is 0 Å². The van der Waals surface area contributed by atoms with Crippen LogP contribution in [-0.4, -0.2) is 26.6 Å². The molecule has 2 heterocycles. The summed E-state index contributed by atoms with van der Waals surface area (Å²) in [5, 5.41) is 3.59. The second-order valence-electron chi connectivity index (χ2n) is 12.0. The van der Waals surface area contributed by atoms with Crippen LogP contribution in [0.2, 0.25) is 0 Å². The summed E-state index contributed by atoms with van der Waals surface area (Å²) in [5.41, 5.74) is 7.42. The highest BCUT2D eigenvalue weighted by atomic mass is 15.2. The van der Waals surface area contributed by atoms with Crippen LogP contribution in [0.15, 0.2) is 167 Å². The van der Waals surface area contributed by atoms with Gasteiger partial charge < -0.3 is 5.32 Å². The van der Waals surface area contributed by atoms with Crippen molar-refractivity contribution in [2.75, 3.05) is 0 Å². The van der Waals surface area contributed by atoms with Crippen molar-refractivity contribution in [1.82, 2.24) is 20.3 Å². The van der Waals surface area contributed by atoms with Crippen LogP contribution in [0, 0.1) is 5.92 Å². The molecule has 0 radical (unpaired) electrons. The molecular formula is C42H34N6. The Morgan fingerprint density at radius 3 is 1.67 bits per heavy atom. The number of hydrogen-bond donors (Lipinski definition) is 1. The van der Waals surface area contributed by atoms with E-state index in [1.165, 1.54) is 5.57 Å². The SMILES string of the molecule is C1=CC(C2=NC(c3ccccc3)N=C(C3C=CC(c4ccc(-c5nc(-c6ccccc6)nc(-c6ccccc6)n5)cc4)=CC3)N2)=CCC1. The number of benzene rings is 4. The number of allylic oxidation sites excluding steroid dienone is 5. The van der Waals surface area contributed by atoms with E-state index in [0.29, 0.717) is 17.5 Å². The largest absolute Gasteiger partial charge is 0.328 e. The van der Waals surface area contributed by atoms with Gasteiger partial charge in [0.1, 0.15) is 11.7 Å². The molecule has 1 N–H and O–H groups in total. The van der Waals surface area contributed by atoms with Gasteiger partial charge in [-0.05, 0) is 36.0 Å². The molecule has 0 saturated heterocycles. The average Bonchev–Trinajstić information content (AvgIpc) is 3.19. The average molecular weight is 623 g/mol. The van der Waals surface area contributed by atoms with Gasteiger partial charge in [-0.2, -0.15) is 0 Å². The molecule has 0 fully saturated rings. The van der Waals surface area contributed by atoms with Crippen LogP contribution in [0.4, 0.5) is 0 Å². The molecule has 3 aliphatic rings. The molecule has 0 bridgehead atoms. The minimum absolute atomic E-state index is 0.135. The van der Waals surface area contributed by atoms with Gasteiger partial charge in [0, 0.05) is 28.2 Å². The Morgan fingerprint density at radius 1 is 0.521 bits per heavy atom. The lowest BCUT2D eigenvalue weighted by atomic mass is 9.91. The smallest absolute Gasteiger partial charge is 0.169 e. The molecule has 0 amide bonds. The van der Waals surface area contributed by atoms with E-state index in [1.54, 1.807) is 0 Å². The minimum atomic E-state index is -0.264. The molecule has 5 aromatic rings. The normalized spacial score (nSPS) is 18.7. The fourth-order valence-corrected chi connectivity index (χ4v) is 6.15. The summed E-state index contributed by atoms with van der Waals surface area (Å²) in [4.78, 5) is 24.7. The molecule has 0 spiro atoms. The van der Waals surface area contributed by atoms with Crippen LogP contribution in [0.3, 0.4) is 0 Å². The molecule has 232 valence electrons. The number of nitrogens with one attached hydrogen (secondary N) is 1. The predicted molar refractivity (Wildman–Crippen MR) is 195 cm³/mol. The Bertz CT molecular complexity index is 2050. The summed E-state index contributed by atoms with van der Waals surface area (Å²) in [7, 11) is 0. The van der Waals surface area contributed by atoms with Crippen molar-refractivity contribution in [3.05, 3.63) is 168 Å². The van der Waals surface area contributed by atoms with Gasteiger partial charge in [0.2, 0.25) is 0 Å². The van der Waals surface area contributed by atoms with Gasteiger partial charge in [0.25, 0.3) is 0 Å². The van der Waals surface area contributed by atoms with E-state index in [9.17, 15) is 0 Å². The maximum atomic E-state index is 5.09. The highest BCUT2D eigenvalue weighted by molar-refractivity contribution is 6.12. The second kappa shape index (κ2) is 13.4. The number of aliphatic imine (C=N–C) groups is 2. The van der Waals surface area contributed by atoms with E-state index in [-0.39, 0.29) is 12.1 Å². The quantitative estimate of drug-likeness (QED) is 0.196. The van der Waals surface area contributed by atoms with Crippen molar-refractivity contribution in [2.24, 2.45) is 15.9 Å². The summed E-state index contributed by atoms with van der Waals surface area (Å²) in [6.45, 7) is 0. The first-order valence-corrected chi connectivity index (χ1v) is 16.5. The Kier molecular flexibility index (Phi) is 8.20. The molecular weight excluding hydrogens is 589 g/mol. The summed E-state index contributed by atoms with van der Waals surface area (Å²) in [6.07, 6.45) is 16.1. The summed E-state index contributed by atoms with van der Waals surface area (Å²) < 4.78 is 0. The molecule has 2 unspecified atom stereocenters. The predicted octanol–water partition coefficient (Wildman–Crippen LogP) is 9.21. The van der Waals surface area contributed by atoms with Gasteiger partial charge >= 0.3 is 0 Å². The summed E-state index contributed by atoms with van der Waals surface area (Å²) >= 11 is 0. The van der Waals surface area contributed by atoms with Crippen molar-refractivity contribution in [1.29, 1.82) is 0 Å². The number of hydrogen-bond acceptors (Lipinski definition) is 6. The van der Waals surface area contributed by atoms with Crippen LogP contribution in [0.1, 0.15) is 36.6 Å². The van der Waals surface area contributed by atoms with Crippen molar-refractivity contribution < 1.29 is 0 Å². The third-order valence-corrected chi connectivity index (χ3v) is 8.75. The molecule has 4 aromatic carbocycles. The molecule has 6 heteroatoms. The number of nitrogens with zero attached hydrogens (tertiary/aromatic N) is 5. The highest BCUT2D eigenvalue weighted by Crippen LogP contribution is 2.31. The maximum Gasteiger partial charge on any atom is 0.169 e. The molecule has 8 rings (SSSR count). The van der Waals surface area contributed by atoms with Gasteiger partial charge in [-0.15, -0.1) is 0 Å². The fraction of sp³-hybridized carbons (Fsp3) is 0.119. The monoisotopic (exact) mass is 622 g/mol. The van der Waals surface area contributed by atoms with E-state index in [0.717, 1.165) is 64.3 Å². The van der Waals surface area contributed by atoms with Crippen molar-refractivity contribution in [3.8, 4) is 34.2 Å². The number of rotatable bonds is 7. The maximum absolute atomic E-state index is 5.09. The van der Waals surface area contributed by atoms with Crippen LogP contribution in [0.25, 0.3) is 39.7 Å². The highest BCUT2D eigenvalue weighted by Gasteiger charge is 2.25. The summed E-state index contributed by atoms with van der Waals surface area (Å²) in [5.74, 6) is 3.95. The molecule has 6 nitrogen and oxygen atoms in total. The van der Waals surface area contributed by atoms with E-state index in [1.807, 2.05) is 78.9 Å². The zero-order valence-corrected chi connectivity index (χ0v) is 26.4. The fourth-order valence-electron chi connectivity index (χ4n) is 6.15. The first kappa shape index (κ1) is 29.4. The van der Waals surface area contributed by atoms with E-state index in [2.05, 4.69) is 78.2 Å². The topological polar surface area (TPSA) is 75.4 Å². The lowest BCUT2D eigenvalue weighted by Crippen LogP contribution is -2.39. The second-order valence-corrected chi connectivity index (χ2v) is 12.0. The van der Waals surface area contributed by atoms with Crippen LogP contribution in [0.5, 0.6) is 0 Å². The van der Waals surface area contributed by atoms with E-state index >= 15 is 0 Å². The lowest BCUT2D eigenvalue weighted by molar-refractivity contribution is 0.721. The molecule has 48 heavy (non-hydrogen) atoms. The zero-order chi connectivity index (χ0) is 32.1. The van der Waals surface area contributed by atoms with Crippen molar-refractivity contribution in [2.45, 2.75) is 25.4 Å². The third-order valence-electron chi connectivity index (χ3n) is 8.75. The van der Waals surface area contributed by atoms with Gasteiger partial charge in [-0.1, -0.05) is 152 Å². The van der Waals surface area contributed by atoms with Gasteiger partial charge in [-0.25, -0.2) is 24.9 Å². The van der Waals surface area contributed by atoms with Gasteiger partial charge in [0.15, 0.2) is 23.6 Å². The Hall–Kier alpha value is -6.01. The zero-order valence-electron chi connectivity index (χ0n) is 26.4. The van der Waals surface area contributed by atoms with Gasteiger partial charge in [-0.3, -0.25) is 0 Å².